The summed E-state index contributed by atoms with van der Waals surface area (Å²) in [5.74, 6) is -2.73. The molecule has 30 heavy (non-hydrogen) atoms. The third-order valence-corrected chi connectivity index (χ3v) is 4.78. The predicted octanol–water partition coefficient (Wildman–Crippen LogP) is 2.44. The summed E-state index contributed by atoms with van der Waals surface area (Å²) in [4.78, 5) is 61.9. The summed E-state index contributed by atoms with van der Waals surface area (Å²) in [6.45, 7) is 4.19. The van der Waals surface area contributed by atoms with Crippen LogP contribution in [0.4, 0.5) is 5.69 Å². The average molecular weight is 408 g/mol. The summed E-state index contributed by atoms with van der Waals surface area (Å²) in [5.41, 5.74) is 1.38. The molecule has 0 aliphatic carbocycles. The predicted molar refractivity (Wildman–Crippen MR) is 107 cm³/mol. The molecule has 1 N–H and O–H groups in total. The van der Waals surface area contributed by atoms with Gasteiger partial charge >= 0.3 is 5.97 Å². The molecular formula is C22H20N2O6. The van der Waals surface area contributed by atoms with Gasteiger partial charge in [0, 0.05) is 11.3 Å². The Kier molecular flexibility index (Phi) is 5.77. The molecule has 0 aromatic heterocycles. The SMILES string of the molecule is CC(=O)c1ccc(NC(=O)[C@H](C)OC(=O)[C@@H](C)N2C(=O)c3ccccc3C2=O)cc1. The van der Waals surface area contributed by atoms with Gasteiger partial charge in [-0.15, -0.1) is 0 Å². The molecule has 8 heteroatoms. The summed E-state index contributed by atoms with van der Waals surface area (Å²) >= 11 is 0. The minimum atomic E-state index is -1.19. The number of nitrogens with zero attached hydrogens (tertiary/aromatic N) is 1. The number of rotatable bonds is 6. The van der Waals surface area contributed by atoms with Crippen molar-refractivity contribution in [2.45, 2.75) is 32.9 Å². The van der Waals surface area contributed by atoms with Crippen molar-refractivity contribution in [2.24, 2.45) is 0 Å². The van der Waals surface area contributed by atoms with Gasteiger partial charge in [-0.1, -0.05) is 12.1 Å². The Morgan fingerprint density at radius 1 is 0.900 bits per heavy atom. The van der Waals surface area contributed by atoms with E-state index in [2.05, 4.69) is 5.32 Å². The zero-order chi connectivity index (χ0) is 22.0. The molecule has 2 atom stereocenters. The lowest BCUT2D eigenvalue weighted by atomic mass is 10.1. The Bertz CT molecular complexity index is 1010. The van der Waals surface area contributed by atoms with E-state index in [9.17, 15) is 24.0 Å². The van der Waals surface area contributed by atoms with Gasteiger partial charge in [0.05, 0.1) is 11.1 Å². The van der Waals surface area contributed by atoms with E-state index >= 15 is 0 Å². The van der Waals surface area contributed by atoms with Crippen LogP contribution in [0.3, 0.4) is 0 Å². The standard InChI is InChI=1S/C22H20N2O6/c1-12(24-20(27)17-6-4-5-7-18(17)21(24)28)22(29)30-14(3)19(26)23-16-10-8-15(9-11-16)13(2)25/h4-12,14H,1-3H3,(H,23,26)/t12-,14+/m1/s1. The highest BCUT2D eigenvalue weighted by atomic mass is 16.5. The first-order chi connectivity index (χ1) is 14.2. The Labute approximate surface area is 172 Å². The van der Waals surface area contributed by atoms with Crippen molar-refractivity contribution in [2.75, 3.05) is 5.32 Å². The van der Waals surface area contributed by atoms with Crippen LogP contribution in [0.25, 0.3) is 0 Å². The molecule has 3 amide bonds. The van der Waals surface area contributed by atoms with Crippen molar-refractivity contribution >= 4 is 35.2 Å². The molecule has 2 aromatic rings. The maximum absolute atomic E-state index is 12.5. The molecule has 0 saturated carbocycles. The van der Waals surface area contributed by atoms with Crippen LogP contribution in [0.2, 0.25) is 0 Å². The largest absolute Gasteiger partial charge is 0.451 e. The number of imide groups is 1. The summed E-state index contributed by atoms with van der Waals surface area (Å²) in [5, 5.41) is 2.58. The van der Waals surface area contributed by atoms with Crippen LogP contribution in [0.5, 0.6) is 0 Å². The van der Waals surface area contributed by atoms with Gasteiger partial charge in [-0.3, -0.25) is 24.1 Å². The van der Waals surface area contributed by atoms with E-state index in [0.29, 0.717) is 11.3 Å². The molecule has 1 aliphatic heterocycles. The molecule has 1 aliphatic rings. The van der Waals surface area contributed by atoms with Gasteiger partial charge in [0.2, 0.25) is 0 Å². The first-order valence-electron chi connectivity index (χ1n) is 9.30. The van der Waals surface area contributed by atoms with Crippen LogP contribution in [0, 0.1) is 0 Å². The number of nitrogens with one attached hydrogen (secondary N) is 1. The molecule has 154 valence electrons. The lowest BCUT2D eigenvalue weighted by molar-refractivity contribution is -0.156. The van der Waals surface area contributed by atoms with Crippen molar-refractivity contribution in [3.63, 3.8) is 0 Å². The fourth-order valence-corrected chi connectivity index (χ4v) is 3.02. The number of fused-ring (bicyclic) bond motifs is 1. The first kappa shape index (κ1) is 20.9. The molecule has 1 heterocycles. The molecule has 0 bridgehead atoms. The zero-order valence-electron chi connectivity index (χ0n) is 16.7. The number of hydrogen-bond donors (Lipinski definition) is 1. The summed E-state index contributed by atoms with van der Waals surface area (Å²) < 4.78 is 5.16. The number of ether oxygens (including phenoxy) is 1. The van der Waals surface area contributed by atoms with E-state index in [0.717, 1.165) is 4.90 Å². The van der Waals surface area contributed by atoms with Crippen molar-refractivity contribution in [3.8, 4) is 0 Å². The topological polar surface area (TPSA) is 110 Å². The van der Waals surface area contributed by atoms with Crippen molar-refractivity contribution in [1.82, 2.24) is 4.90 Å². The number of amides is 3. The first-order valence-corrected chi connectivity index (χ1v) is 9.30. The number of carbonyl (C=O) groups excluding carboxylic acids is 5. The van der Waals surface area contributed by atoms with Gasteiger partial charge in [-0.2, -0.15) is 0 Å². The van der Waals surface area contributed by atoms with Crippen molar-refractivity contribution < 1.29 is 28.7 Å². The van der Waals surface area contributed by atoms with Gasteiger partial charge in [-0.05, 0) is 57.2 Å². The van der Waals surface area contributed by atoms with Crippen LogP contribution in [-0.4, -0.2) is 46.5 Å². The molecule has 8 nitrogen and oxygen atoms in total. The summed E-state index contributed by atoms with van der Waals surface area (Å²) in [6, 6.07) is 11.4. The van der Waals surface area contributed by atoms with Crippen molar-refractivity contribution in [1.29, 1.82) is 0 Å². The number of carbonyl (C=O) groups is 5. The monoisotopic (exact) mass is 408 g/mol. The third kappa shape index (κ3) is 3.98. The number of benzene rings is 2. The Morgan fingerprint density at radius 3 is 1.93 bits per heavy atom. The Morgan fingerprint density at radius 2 is 1.43 bits per heavy atom. The van der Waals surface area contributed by atoms with Crippen LogP contribution >= 0.6 is 0 Å². The Hall–Kier alpha value is -3.81. The van der Waals surface area contributed by atoms with E-state index in [1.165, 1.54) is 32.9 Å². The van der Waals surface area contributed by atoms with E-state index in [1.807, 2.05) is 0 Å². The van der Waals surface area contributed by atoms with Gasteiger partial charge in [0.1, 0.15) is 6.04 Å². The molecule has 0 fully saturated rings. The maximum atomic E-state index is 12.5. The zero-order valence-corrected chi connectivity index (χ0v) is 16.7. The van der Waals surface area contributed by atoms with Crippen molar-refractivity contribution in [3.05, 3.63) is 65.2 Å². The summed E-state index contributed by atoms with van der Waals surface area (Å²) in [7, 11) is 0. The molecule has 2 aromatic carbocycles. The molecular weight excluding hydrogens is 388 g/mol. The van der Waals surface area contributed by atoms with E-state index < -0.39 is 35.8 Å². The summed E-state index contributed by atoms with van der Waals surface area (Å²) in [6.07, 6.45) is -1.16. The van der Waals surface area contributed by atoms with Gasteiger partial charge in [0.15, 0.2) is 11.9 Å². The van der Waals surface area contributed by atoms with Crippen LogP contribution in [0.15, 0.2) is 48.5 Å². The second-order valence-corrected chi connectivity index (χ2v) is 6.90. The number of esters is 1. The van der Waals surface area contributed by atoms with E-state index in [1.54, 1.807) is 36.4 Å². The fraction of sp³-hybridized carbons (Fsp3) is 0.227. The van der Waals surface area contributed by atoms with Crippen LogP contribution in [0.1, 0.15) is 51.8 Å². The highest BCUT2D eigenvalue weighted by molar-refractivity contribution is 6.22. The number of ketones is 1. The Balaban J connectivity index is 1.62. The smallest absolute Gasteiger partial charge is 0.329 e. The maximum Gasteiger partial charge on any atom is 0.329 e. The lowest BCUT2D eigenvalue weighted by Crippen LogP contribution is -2.45. The van der Waals surface area contributed by atoms with Gasteiger partial charge in [-0.25, -0.2) is 4.79 Å². The molecule has 0 saturated heterocycles. The van der Waals surface area contributed by atoms with Gasteiger partial charge < -0.3 is 10.1 Å². The molecule has 0 spiro atoms. The lowest BCUT2D eigenvalue weighted by Gasteiger charge is -2.22. The van der Waals surface area contributed by atoms with E-state index in [-0.39, 0.29) is 16.9 Å². The second-order valence-electron chi connectivity index (χ2n) is 6.90. The van der Waals surface area contributed by atoms with Gasteiger partial charge in [0.25, 0.3) is 17.7 Å². The minimum Gasteiger partial charge on any atom is -0.451 e. The third-order valence-electron chi connectivity index (χ3n) is 4.78. The number of anilines is 1. The van der Waals surface area contributed by atoms with Crippen LogP contribution in [-0.2, 0) is 14.3 Å². The highest BCUT2D eigenvalue weighted by Crippen LogP contribution is 2.25. The highest BCUT2D eigenvalue weighted by Gasteiger charge is 2.41. The molecule has 3 rings (SSSR count). The molecule has 0 radical (unpaired) electrons. The van der Waals surface area contributed by atoms with Crippen LogP contribution < -0.4 is 5.32 Å². The normalized spacial score (nSPS) is 14.7. The second kappa shape index (κ2) is 8.28. The quantitative estimate of drug-likeness (QED) is 0.447. The van der Waals surface area contributed by atoms with E-state index in [4.69, 9.17) is 4.74 Å². The molecule has 0 unspecified atom stereocenters. The average Bonchev–Trinajstić information content (AvgIpc) is 2.98. The fourth-order valence-electron chi connectivity index (χ4n) is 3.02. The minimum absolute atomic E-state index is 0.0997. The number of hydrogen-bond acceptors (Lipinski definition) is 6. The number of Topliss-reactive ketones (excluding diaryl/α,β-unsaturated/α-hetero) is 1.